The van der Waals surface area contributed by atoms with E-state index in [1.807, 2.05) is 0 Å². The lowest BCUT2D eigenvalue weighted by atomic mass is 9.99. The van der Waals surface area contributed by atoms with Crippen LogP contribution in [0.1, 0.15) is 11.6 Å². The lowest BCUT2D eigenvalue weighted by molar-refractivity contribution is -0.0788. The predicted molar refractivity (Wildman–Crippen MR) is 63.1 cm³/mol. The first-order valence-corrected chi connectivity index (χ1v) is 5.17. The number of hydrogen-bond donors (Lipinski definition) is 2. The van der Waals surface area contributed by atoms with E-state index in [0.717, 1.165) is 12.1 Å². The number of benzene rings is 1. The summed E-state index contributed by atoms with van der Waals surface area (Å²) in [6.45, 7) is -0.929. The molecule has 1 aliphatic heterocycles. The molecule has 4 N–H and O–H groups in total. The maximum Gasteiger partial charge on any atom is 0.307 e. The lowest BCUT2D eigenvalue weighted by Gasteiger charge is -2.28. The second-order valence-corrected chi connectivity index (χ2v) is 3.70. The van der Waals surface area contributed by atoms with Crippen molar-refractivity contribution in [2.24, 2.45) is 10.7 Å². The topological polar surface area (TPSA) is 73.6 Å². The molecule has 0 aliphatic carbocycles. The first-order chi connectivity index (χ1) is 8.90. The van der Waals surface area contributed by atoms with E-state index in [1.54, 1.807) is 0 Å². The van der Waals surface area contributed by atoms with Crippen LogP contribution < -0.4 is 11.5 Å². The summed E-state index contributed by atoms with van der Waals surface area (Å²) in [5.74, 6) is -4.13. The smallest absolute Gasteiger partial charge is 0.307 e. The zero-order valence-electron chi connectivity index (χ0n) is 10.0. The van der Waals surface area contributed by atoms with Crippen LogP contribution >= 0.6 is 0 Å². The molecule has 4 nitrogen and oxygen atoms in total. The summed E-state index contributed by atoms with van der Waals surface area (Å²) >= 11 is 0. The summed E-state index contributed by atoms with van der Waals surface area (Å²) in [5, 5.41) is 0. The van der Waals surface area contributed by atoms with Gasteiger partial charge in [-0.15, -0.1) is 0 Å². The quantitative estimate of drug-likeness (QED) is 0.610. The fraction of sp³-hybridized carbons (Fsp3) is 0.364. The monoisotopic (exact) mass is 279 g/mol. The molecule has 0 saturated carbocycles. The van der Waals surface area contributed by atoms with E-state index >= 15 is 0 Å². The van der Waals surface area contributed by atoms with E-state index in [1.165, 1.54) is 6.07 Å². The summed E-state index contributed by atoms with van der Waals surface area (Å²) in [6, 6.07) is 1.32. The highest BCUT2D eigenvalue weighted by Gasteiger charge is 2.46. The van der Waals surface area contributed by atoms with Crippen LogP contribution in [0.25, 0.3) is 0 Å². The van der Waals surface area contributed by atoms with E-state index in [2.05, 4.69) is 9.73 Å². The van der Waals surface area contributed by atoms with Crippen LogP contribution in [0.4, 0.5) is 23.2 Å². The molecule has 1 atom stereocenters. The van der Waals surface area contributed by atoms with Crippen LogP contribution in [-0.4, -0.2) is 25.7 Å². The van der Waals surface area contributed by atoms with Gasteiger partial charge in [-0.1, -0.05) is 0 Å². The van der Waals surface area contributed by atoms with Gasteiger partial charge in [-0.05, 0) is 18.2 Å². The molecule has 0 radical (unpaired) electrons. The van der Waals surface area contributed by atoms with Gasteiger partial charge in [0.15, 0.2) is 12.6 Å². The Bertz CT molecular complexity index is 479. The minimum absolute atomic E-state index is 0.178. The average Bonchev–Trinajstić information content (AvgIpc) is 2.38. The molecular weight excluding hydrogens is 266 g/mol. The van der Waals surface area contributed by atoms with Crippen LogP contribution in [0.15, 0.2) is 23.2 Å². The minimum Gasteiger partial charge on any atom is -0.459 e. The van der Waals surface area contributed by atoms with Crippen LogP contribution in [0.5, 0.6) is 0 Å². The van der Waals surface area contributed by atoms with Crippen molar-refractivity contribution in [3.05, 3.63) is 29.6 Å². The van der Waals surface area contributed by atoms with Gasteiger partial charge in [0.1, 0.15) is 5.82 Å². The largest absolute Gasteiger partial charge is 0.459 e. The zero-order chi connectivity index (χ0) is 14.6. The van der Waals surface area contributed by atoms with Gasteiger partial charge in [-0.25, -0.2) is 18.2 Å². The third-order valence-electron chi connectivity index (χ3n) is 2.38. The van der Waals surface area contributed by atoms with E-state index in [4.69, 9.17) is 11.5 Å². The van der Waals surface area contributed by atoms with Crippen molar-refractivity contribution in [2.45, 2.75) is 12.0 Å². The SMILES string of the molecule is CF.NC1=NC(c2cc(N)ccc2F)C(F)(F)CO1. The fourth-order valence-corrected chi connectivity index (χ4v) is 1.58. The number of nitrogens with two attached hydrogens (primary N) is 2. The van der Waals surface area contributed by atoms with Crippen molar-refractivity contribution in [1.29, 1.82) is 0 Å². The maximum atomic E-state index is 13.5. The van der Waals surface area contributed by atoms with Crippen LogP contribution in [-0.2, 0) is 4.74 Å². The number of nitrogens with zero attached hydrogens (tertiary/aromatic N) is 1. The van der Waals surface area contributed by atoms with Crippen molar-refractivity contribution >= 4 is 11.7 Å². The third-order valence-corrected chi connectivity index (χ3v) is 2.38. The van der Waals surface area contributed by atoms with Crippen LogP contribution in [0.3, 0.4) is 0 Å². The second-order valence-electron chi connectivity index (χ2n) is 3.70. The Morgan fingerprint density at radius 3 is 2.58 bits per heavy atom. The molecule has 1 aliphatic rings. The number of alkyl halides is 3. The Labute approximate surface area is 107 Å². The second kappa shape index (κ2) is 5.77. The van der Waals surface area contributed by atoms with Crippen molar-refractivity contribution in [3.63, 3.8) is 0 Å². The number of ether oxygens (including phenoxy) is 1. The van der Waals surface area contributed by atoms with E-state index in [-0.39, 0.29) is 17.3 Å². The molecule has 1 aromatic rings. The summed E-state index contributed by atoms with van der Waals surface area (Å²) in [4.78, 5) is 3.43. The number of rotatable bonds is 1. The first-order valence-electron chi connectivity index (χ1n) is 5.17. The average molecular weight is 279 g/mol. The van der Waals surface area contributed by atoms with E-state index < -0.39 is 24.4 Å². The Balaban J connectivity index is 0.000000861. The van der Waals surface area contributed by atoms with Crippen molar-refractivity contribution in [3.8, 4) is 0 Å². The molecule has 0 aromatic heterocycles. The van der Waals surface area contributed by atoms with Gasteiger partial charge >= 0.3 is 5.92 Å². The molecule has 0 fully saturated rings. The van der Waals surface area contributed by atoms with Gasteiger partial charge in [0.05, 0.1) is 7.18 Å². The summed E-state index contributed by atoms with van der Waals surface area (Å²) in [6.07, 6.45) is 0. The number of aliphatic imine (C=N–C) groups is 1. The summed E-state index contributed by atoms with van der Waals surface area (Å²) < 4.78 is 54.5. The number of amidine groups is 1. The molecule has 106 valence electrons. The van der Waals surface area contributed by atoms with Crippen molar-refractivity contribution in [1.82, 2.24) is 0 Å². The number of hydrogen-bond acceptors (Lipinski definition) is 4. The highest BCUT2D eigenvalue weighted by atomic mass is 19.3. The van der Waals surface area contributed by atoms with Gasteiger partial charge in [0.2, 0.25) is 0 Å². The third kappa shape index (κ3) is 3.27. The number of halogens is 4. The van der Waals surface area contributed by atoms with Crippen LogP contribution in [0.2, 0.25) is 0 Å². The molecule has 1 unspecified atom stereocenters. The maximum absolute atomic E-state index is 13.5. The van der Waals surface area contributed by atoms with Gasteiger partial charge in [0, 0.05) is 11.3 Å². The molecule has 0 bridgehead atoms. The van der Waals surface area contributed by atoms with Gasteiger partial charge in [0.25, 0.3) is 6.02 Å². The van der Waals surface area contributed by atoms with Crippen molar-refractivity contribution < 1.29 is 22.3 Å². The first kappa shape index (κ1) is 15.1. The Kier molecular flexibility index (Phi) is 4.57. The van der Waals surface area contributed by atoms with E-state index in [9.17, 15) is 17.6 Å². The minimum atomic E-state index is -3.32. The molecule has 2 rings (SSSR count). The zero-order valence-corrected chi connectivity index (χ0v) is 10.0. The Morgan fingerprint density at radius 2 is 1.95 bits per heavy atom. The Morgan fingerprint density at radius 1 is 1.32 bits per heavy atom. The summed E-state index contributed by atoms with van der Waals surface area (Å²) in [5.41, 5.74) is 10.5. The molecule has 0 saturated heterocycles. The van der Waals surface area contributed by atoms with Gasteiger partial charge in [-0.3, -0.25) is 4.39 Å². The molecule has 19 heavy (non-hydrogen) atoms. The number of anilines is 1. The van der Waals surface area contributed by atoms with Crippen molar-refractivity contribution in [2.75, 3.05) is 19.5 Å². The van der Waals surface area contributed by atoms with E-state index in [0.29, 0.717) is 7.18 Å². The standard InChI is InChI=1S/C10H10F3N3O.CH3F/c11-7-2-1-5(14)3-6(7)8-10(12,13)4-17-9(15)16-8;1-2/h1-3,8H,4,14H2,(H2,15,16);1H3. The van der Waals surface area contributed by atoms with Crippen LogP contribution in [0, 0.1) is 5.82 Å². The molecule has 1 heterocycles. The molecule has 0 spiro atoms. The van der Waals surface area contributed by atoms with Gasteiger partial charge < -0.3 is 16.2 Å². The highest BCUT2D eigenvalue weighted by Crippen LogP contribution is 2.38. The van der Waals surface area contributed by atoms with Gasteiger partial charge in [-0.2, -0.15) is 0 Å². The normalized spacial score (nSPS) is 20.7. The molecule has 0 amide bonds. The Hall–Kier alpha value is -1.99. The molecule has 1 aromatic carbocycles. The predicted octanol–water partition coefficient (Wildman–Crippen LogP) is 2.01. The molecular formula is C11H13F4N3O. The lowest BCUT2D eigenvalue weighted by Crippen LogP contribution is -2.39. The molecule has 8 heteroatoms. The highest BCUT2D eigenvalue weighted by molar-refractivity contribution is 5.72. The number of nitrogen functional groups attached to an aromatic ring is 1. The summed E-state index contributed by atoms with van der Waals surface area (Å²) in [7, 11) is 0.500. The fourth-order valence-electron chi connectivity index (χ4n) is 1.58.